The number of hydrogen-bond donors (Lipinski definition) is 3. The highest BCUT2D eigenvalue weighted by Crippen LogP contribution is 2.19. The number of carbonyl (C=O) groups is 1. The number of aromatic nitrogens is 2. The Hall–Kier alpha value is -2.82. The molecule has 5 heteroatoms. The predicted molar refractivity (Wildman–Crippen MR) is 74.9 cm³/mol. The summed E-state index contributed by atoms with van der Waals surface area (Å²) in [6, 6.07) is 12.5. The van der Waals surface area contributed by atoms with Crippen molar-refractivity contribution in [2.45, 2.75) is 0 Å². The van der Waals surface area contributed by atoms with Gasteiger partial charge in [0, 0.05) is 10.9 Å². The van der Waals surface area contributed by atoms with Crippen LogP contribution in [-0.2, 0) is 0 Å². The van der Waals surface area contributed by atoms with Crippen molar-refractivity contribution >= 4 is 28.2 Å². The molecule has 0 aliphatic heterocycles. The zero-order chi connectivity index (χ0) is 13.2. The van der Waals surface area contributed by atoms with Crippen LogP contribution in [0.3, 0.4) is 0 Å². The van der Waals surface area contributed by atoms with Gasteiger partial charge in [-0.1, -0.05) is 18.2 Å². The van der Waals surface area contributed by atoms with E-state index >= 15 is 0 Å². The number of nitrogens with zero attached hydrogens (tertiary/aromatic N) is 1. The average Bonchev–Trinajstić information content (AvgIpc) is 2.88. The molecule has 0 aliphatic carbocycles. The number of amides is 1. The minimum atomic E-state index is -0.200. The van der Waals surface area contributed by atoms with Gasteiger partial charge in [-0.15, -0.1) is 0 Å². The van der Waals surface area contributed by atoms with Crippen molar-refractivity contribution in [2.75, 3.05) is 11.1 Å². The Kier molecular flexibility index (Phi) is 2.64. The van der Waals surface area contributed by atoms with Crippen LogP contribution in [0.2, 0.25) is 0 Å². The molecule has 0 radical (unpaired) electrons. The molecule has 4 N–H and O–H groups in total. The van der Waals surface area contributed by atoms with E-state index in [0.29, 0.717) is 16.9 Å². The molecule has 0 atom stereocenters. The number of nitrogens with two attached hydrogens (primary N) is 1. The summed E-state index contributed by atoms with van der Waals surface area (Å²) in [5.41, 5.74) is 8.32. The van der Waals surface area contributed by atoms with Gasteiger partial charge in [0.25, 0.3) is 5.91 Å². The largest absolute Gasteiger partial charge is 0.397 e. The van der Waals surface area contributed by atoms with Crippen molar-refractivity contribution in [2.24, 2.45) is 0 Å². The first kappa shape index (κ1) is 11.3. The van der Waals surface area contributed by atoms with Crippen molar-refractivity contribution in [3.05, 3.63) is 54.2 Å². The number of nitrogens with one attached hydrogen (secondary N) is 2. The maximum atomic E-state index is 12.1. The van der Waals surface area contributed by atoms with Crippen LogP contribution in [-0.4, -0.2) is 16.1 Å². The van der Waals surface area contributed by atoms with Crippen LogP contribution in [0.15, 0.2) is 48.7 Å². The third-order valence-electron chi connectivity index (χ3n) is 2.91. The molecule has 0 saturated heterocycles. The Morgan fingerprint density at radius 2 is 2.05 bits per heavy atom. The third kappa shape index (κ3) is 2.13. The number of nitrogen functional groups attached to an aromatic ring is 1. The lowest BCUT2D eigenvalue weighted by Crippen LogP contribution is -2.12. The molecular weight excluding hydrogens is 240 g/mol. The van der Waals surface area contributed by atoms with E-state index in [4.69, 9.17) is 5.73 Å². The smallest absolute Gasteiger partial charge is 0.255 e. The standard InChI is InChI=1S/C14H12N4O/c15-11-3-1-2-4-12(11)17-14(19)9-5-6-10-8-16-18-13(10)7-9/h1-8H,15H2,(H,16,18)(H,17,19). The molecule has 0 aliphatic rings. The number of anilines is 2. The van der Waals surface area contributed by atoms with Gasteiger partial charge in [-0.2, -0.15) is 5.10 Å². The van der Waals surface area contributed by atoms with Gasteiger partial charge in [-0.05, 0) is 24.3 Å². The molecule has 19 heavy (non-hydrogen) atoms. The molecule has 0 saturated carbocycles. The first-order chi connectivity index (χ1) is 9.24. The zero-order valence-electron chi connectivity index (χ0n) is 10.1. The monoisotopic (exact) mass is 252 g/mol. The lowest BCUT2D eigenvalue weighted by molar-refractivity contribution is 0.102. The number of fused-ring (bicyclic) bond motifs is 1. The SMILES string of the molecule is Nc1ccccc1NC(=O)c1ccc2cn[nH]c2c1. The molecule has 5 nitrogen and oxygen atoms in total. The molecule has 0 fully saturated rings. The summed E-state index contributed by atoms with van der Waals surface area (Å²) in [7, 11) is 0. The van der Waals surface area contributed by atoms with Crippen LogP contribution in [0, 0.1) is 0 Å². The van der Waals surface area contributed by atoms with Crippen molar-refractivity contribution in [1.82, 2.24) is 10.2 Å². The van der Waals surface area contributed by atoms with Crippen LogP contribution >= 0.6 is 0 Å². The maximum absolute atomic E-state index is 12.1. The van der Waals surface area contributed by atoms with Crippen LogP contribution in [0.25, 0.3) is 10.9 Å². The number of rotatable bonds is 2. The minimum Gasteiger partial charge on any atom is -0.397 e. The molecule has 0 bridgehead atoms. The van der Waals surface area contributed by atoms with Crippen molar-refractivity contribution in [3.8, 4) is 0 Å². The Morgan fingerprint density at radius 1 is 1.21 bits per heavy atom. The Morgan fingerprint density at radius 3 is 2.89 bits per heavy atom. The predicted octanol–water partition coefficient (Wildman–Crippen LogP) is 2.40. The van der Waals surface area contributed by atoms with E-state index in [1.165, 1.54) is 0 Å². The fourth-order valence-electron chi connectivity index (χ4n) is 1.88. The third-order valence-corrected chi connectivity index (χ3v) is 2.91. The number of hydrogen-bond acceptors (Lipinski definition) is 3. The van der Waals surface area contributed by atoms with Crippen LogP contribution in [0.5, 0.6) is 0 Å². The molecule has 1 amide bonds. The topological polar surface area (TPSA) is 83.8 Å². The number of aromatic amines is 1. The summed E-state index contributed by atoms with van der Waals surface area (Å²) in [4.78, 5) is 12.1. The van der Waals surface area contributed by atoms with Crippen LogP contribution in [0.1, 0.15) is 10.4 Å². The van der Waals surface area contributed by atoms with Gasteiger partial charge in [0.15, 0.2) is 0 Å². The van der Waals surface area contributed by atoms with Gasteiger partial charge >= 0.3 is 0 Å². The Bertz CT molecular complexity index is 748. The normalized spacial score (nSPS) is 10.5. The zero-order valence-corrected chi connectivity index (χ0v) is 10.1. The summed E-state index contributed by atoms with van der Waals surface area (Å²) >= 11 is 0. The molecule has 1 aromatic heterocycles. The van der Waals surface area contributed by atoms with Gasteiger partial charge in [0.1, 0.15) is 0 Å². The summed E-state index contributed by atoms with van der Waals surface area (Å²) in [5.74, 6) is -0.200. The minimum absolute atomic E-state index is 0.200. The second-order valence-electron chi connectivity index (χ2n) is 4.21. The second-order valence-corrected chi connectivity index (χ2v) is 4.21. The Labute approximate surface area is 109 Å². The molecule has 3 rings (SSSR count). The number of H-pyrrole nitrogens is 1. The molecule has 1 heterocycles. The van der Waals surface area contributed by atoms with E-state index in [9.17, 15) is 4.79 Å². The molecule has 3 aromatic rings. The highest BCUT2D eigenvalue weighted by atomic mass is 16.1. The van der Waals surface area contributed by atoms with Gasteiger partial charge in [0.05, 0.1) is 23.1 Å². The van der Waals surface area contributed by atoms with E-state index < -0.39 is 0 Å². The number of carbonyl (C=O) groups excluding carboxylic acids is 1. The fraction of sp³-hybridized carbons (Fsp3) is 0. The van der Waals surface area contributed by atoms with E-state index in [-0.39, 0.29) is 5.91 Å². The summed E-state index contributed by atoms with van der Waals surface area (Å²) in [6.07, 6.45) is 1.71. The lowest BCUT2D eigenvalue weighted by atomic mass is 10.1. The first-order valence-electron chi connectivity index (χ1n) is 5.83. The van der Waals surface area contributed by atoms with E-state index in [0.717, 1.165) is 10.9 Å². The van der Waals surface area contributed by atoms with E-state index in [1.54, 1.807) is 30.5 Å². The van der Waals surface area contributed by atoms with Crippen LogP contribution < -0.4 is 11.1 Å². The molecule has 0 spiro atoms. The summed E-state index contributed by atoms with van der Waals surface area (Å²) in [5, 5.41) is 10.5. The molecular formula is C14H12N4O. The number of para-hydroxylation sites is 2. The lowest BCUT2D eigenvalue weighted by Gasteiger charge is -2.07. The molecule has 2 aromatic carbocycles. The quantitative estimate of drug-likeness (QED) is 0.612. The van der Waals surface area contributed by atoms with Gasteiger partial charge in [0.2, 0.25) is 0 Å². The van der Waals surface area contributed by atoms with Gasteiger partial charge < -0.3 is 11.1 Å². The van der Waals surface area contributed by atoms with E-state index in [1.807, 2.05) is 18.2 Å². The fourth-order valence-corrected chi connectivity index (χ4v) is 1.88. The number of benzene rings is 2. The summed E-state index contributed by atoms with van der Waals surface area (Å²) in [6.45, 7) is 0. The second kappa shape index (κ2) is 4.45. The van der Waals surface area contributed by atoms with E-state index in [2.05, 4.69) is 15.5 Å². The molecule has 94 valence electrons. The van der Waals surface area contributed by atoms with Crippen molar-refractivity contribution in [3.63, 3.8) is 0 Å². The average molecular weight is 252 g/mol. The van der Waals surface area contributed by atoms with Crippen molar-refractivity contribution < 1.29 is 4.79 Å². The molecule has 0 unspecified atom stereocenters. The highest BCUT2D eigenvalue weighted by Gasteiger charge is 2.08. The van der Waals surface area contributed by atoms with Gasteiger partial charge in [-0.25, -0.2) is 0 Å². The highest BCUT2D eigenvalue weighted by molar-refractivity contribution is 6.07. The maximum Gasteiger partial charge on any atom is 0.255 e. The Balaban J connectivity index is 1.89. The van der Waals surface area contributed by atoms with Crippen molar-refractivity contribution in [1.29, 1.82) is 0 Å². The van der Waals surface area contributed by atoms with Gasteiger partial charge in [-0.3, -0.25) is 9.89 Å². The van der Waals surface area contributed by atoms with Crippen LogP contribution in [0.4, 0.5) is 11.4 Å². The first-order valence-corrected chi connectivity index (χ1v) is 5.83. The summed E-state index contributed by atoms with van der Waals surface area (Å²) < 4.78 is 0.